The van der Waals surface area contributed by atoms with Crippen LogP contribution in [0.1, 0.15) is 23.6 Å². The fourth-order valence-electron chi connectivity index (χ4n) is 3.16. The van der Waals surface area contributed by atoms with Gasteiger partial charge in [0.05, 0.1) is 30.9 Å². The summed E-state index contributed by atoms with van der Waals surface area (Å²) in [5, 5.41) is 25.9. The molecular formula is C19H19N3O6. The molecule has 0 fully saturated rings. The number of carboxylic acid groups (broad SMARTS) is 1. The minimum Gasteiger partial charge on any atom is -0.493 e. The van der Waals surface area contributed by atoms with Crippen LogP contribution in [0.5, 0.6) is 11.5 Å². The van der Waals surface area contributed by atoms with E-state index in [-0.39, 0.29) is 5.69 Å². The van der Waals surface area contributed by atoms with Crippen molar-refractivity contribution < 1.29 is 24.3 Å². The molecule has 0 aliphatic carbocycles. The maximum absolute atomic E-state index is 11.7. The van der Waals surface area contributed by atoms with E-state index in [1.165, 1.54) is 26.4 Å². The van der Waals surface area contributed by atoms with E-state index in [0.717, 1.165) is 10.6 Å². The van der Waals surface area contributed by atoms with Crippen molar-refractivity contribution >= 4 is 17.5 Å². The number of non-ortho nitro benzene ring substituents is 1. The zero-order chi connectivity index (χ0) is 20.4. The van der Waals surface area contributed by atoms with E-state index >= 15 is 0 Å². The van der Waals surface area contributed by atoms with Gasteiger partial charge in [0.15, 0.2) is 11.5 Å². The number of methoxy groups -OCH3 is 2. The summed E-state index contributed by atoms with van der Waals surface area (Å²) in [7, 11) is 3.04. The number of fused-ring (bicyclic) bond motifs is 1. The van der Waals surface area contributed by atoms with Crippen molar-refractivity contribution in [3.63, 3.8) is 0 Å². The van der Waals surface area contributed by atoms with Crippen molar-refractivity contribution in [3.05, 3.63) is 63.2 Å². The summed E-state index contributed by atoms with van der Waals surface area (Å²) in [4.78, 5) is 22.2. The molecule has 0 saturated heterocycles. The number of benzene rings is 2. The number of amides is 1. The van der Waals surface area contributed by atoms with Crippen molar-refractivity contribution in [2.24, 2.45) is 5.10 Å². The average molecular weight is 385 g/mol. The van der Waals surface area contributed by atoms with Crippen LogP contribution in [0, 0.1) is 10.1 Å². The number of nitro groups is 1. The fraction of sp³-hybridized carbons (Fsp3) is 0.263. The van der Waals surface area contributed by atoms with Gasteiger partial charge in [0, 0.05) is 23.3 Å². The minimum atomic E-state index is -1.18. The number of ether oxygens (including phenoxy) is 2. The van der Waals surface area contributed by atoms with Crippen LogP contribution in [0.25, 0.3) is 0 Å². The summed E-state index contributed by atoms with van der Waals surface area (Å²) in [5.41, 5.74) is 2.40. The summed E-state index contributed by atoms with van der Waals surface area (Å²) >= 11 is 0. The molecule has 0 unspecified atom stereocenters. The van der Waals surface area contributed by atoms with Crippen LogP contribution in [0.3, 0.4) is 0 Å². The van der Waals surface area contributed by atoms with E-state index in [2.05, 4.69) is 5.10 Å². The van der Waals surface area contributed by atoms with Gasteiger partial charge >= 0.3 is 6.09 Å². The highest BCUT2D eigenvalue weighted by Gasteiger charge is 2.28. The van der Waals surface area contributed by atoms with Crippen LogP contribution >= 0.6 is 0 Å². The second kappa shape index (κ2) is 7.55. The molecule has 0 radical (unpaired) electrons. The summed E-state index contributed by atoms with van der Waals surface area (Å²) in [6, 6.07) is 8.95. The second-order valence-electron chi connectivity index (χ2n) is 6.30. The molecule has 9 nitrogen and oxygen atoms in total. The second-order valence-corrected chi connectivity index (χ2v) is 6.30. The third-order valence-electron chi connectivity index (χ3n) is 4.55. The molecule has 2 aromatic rings. The largest absolute Gasteiger partial charge is 0.493 e. The quantitative estimate of drug-likeness (QED) is 0.638. The Morgan fingerprint density at radius 3 is 2.36 bits per heavy atom. The molecule has 0 aromatic heterocycles. The molecule has 146 valence electrons. The van der Waals surface area contributed by atoms with Gasteiger partial charge in [-0.2, -0.15) is 10.1 Å². The molecule has 0 spiro atoms. The Kier molecular flexibility index (Phi) is 5.16. The Bertz CT molecular complexity index is 955. The zero-order valence-corrected chi connectivity index (χ0v) is 15.6. The number of carbonyl (C=O) groups is 1. The van der Waals surface area contributed by atoms with Crippen LogP contribution in [0.4, 0.5) is 10.5 Å². The highest BCUT2D eigenvalue weighted by Crippen LogP contribution is 2.34. The Morgan fingerprint density at radius 2 is 1.82 bits per heavy atom. The maximum Gasteiger partial charge on any atom is 0.428 e. The number of hydrazone groups is 1. The Labute approximate surface area is 160 Å². The first kappa shape index (κ1) is 19.2. The zero-order valence-electron chi connectivity index (χ0n) is 15.6. The van der Waals surface area contributed by atoms with E-state index in [4.69, 9.17) is 9.47 Å². The van der Waals surface area contributed by atoms with E-state index < -0.39 is 17.1 Å². The number of hydrogen-bond acceptors (Lipinski definition) is 6. The third-order valence-corrected chi connectivity index (χ3v) is 4.55. The Balaban J connectivity index is 2.23. The SMILES string of the molecule is COc1cc2c(cc1OC)C(c1ccc([N+](=O)[O-])cc1)=NN(C(=O)O)[C@H](C)C2. The van der Waals surface area contributed by atoms with Gasteiger partial charge in [0.2, 0.25) is 0 Å². The van der Waals surface area contributed by atoms with Gasteiger partial charge in [-0.15, -0.1) is 0 Å². The molecule has 1 atom stereocenters. The molecule has 28 heavy (non-hydrogen) atoms. The molecule has 1 aliphatic heterocycles. The fourth-order valence-corrected chi connectivity index (χ4v) is 3.16. The highest BCUT2D eigenvalue weighted by atomic mass is 16.6. The lowest BCUT2D eigenvalue weighted by Gasteiger charge is -2.19. The van der Waals surface area contributed by atoms with Gasteiger partial charge < -0.3 is 14.6 Å². The maximum atomic E-state index is 11.7. The van der Waals surface area contributed by atoms with Gasteiger partial charge in [0.25, 0.3) is 5.69 Å². The van der Waals surface area contributed by atoms with Crippen molar-refractivity contribution in [1.29, 1.82) is 0 Å². The van der Waals surface area contributed by atoms with E-state index in [9.17, 15) is 20.0 Å². The van der Waals surface area contributed by atoms with Crippen molar-refractivity contribution in [2.45, 2.75) is 19.4 Å². The van der Waals surface area contributed by atoms with Gasteiger partial charge in [-0.25, -0.2) is 4.79 Å². The number of nitro benzene ring substituents is 1. The van der Waals surface area contributed by atoms with Crippen LogP contribution in [-0.2, 0) is 6.42 Å². The molecule has 0 bridgehead atoms. The van der Waals surface area contributed by atoms with Crippen LogP contribution in [-0.4, -0.2) is 47.1 Å². The van der Waals surface area contributed by atoms with Crippen LogP contribution in [0.2, 0.25) is 0 Å². The van der Waals surface area contributed by atoms with Crippen molar-refractivity contribution in [2.75, 3.05) is 14.2 Å². The van der Waals surface area contributed by atoms with Crippen molar-refractivity contribution in [3.8, 4) is 11.5 Å². The van der Waals surface area contributed by atoms with Gasteiger partial charge in [-0.1, -0.05) is 0 Å². The van der Waals surface area contributed by atoms with Crippen molar-refractivity contribution in [1.82, 2.24) is 5.01 Å². The number of hydrogen-bond donors (Lipinski definition) is 1. The van der Waals surface area contributed by atoms with E-state index in [0.29, 0.717) is 34.8 Å². The predicted molar refractivity (Wildman–Crippen MR) is 101 cm³/mol. The molecule has 9 heteroatoms. The molecule has 0 saturated carbocycles. The smallest absolute Gasteiger partial charge is 0.428 e. The first-order chi connectivity index (χ1) is 13.3. The third kappa shape index (κ3) is 3.46. The normalized spacial score (nSPS) is 15.9. The van der Waals surface area contributed by atoms with Gasteiger partial charge in [0.1, 0.15) is 0 Å². The lowest BCUT2D eigenvalue weighted by atomic mass is 9.94. The summed E-state index contributed by atoms with van der Waals surface area (Å²) < 4.78 is 10.7. The monoisotopic (exact) mass is 385 g/mol. The molecule has 1 heterocycles. The Hall–Kier alpha value is -3.62. The molecular weight excluding hydrogens is 366 g/mol. The average Bonchev–Trinajstić information content (AvgIpc) is 2.82. The number of nitrogens with zero attached hydrogens (tertiary/aromatic N) is 3. The summed E-state index contributed by atoms with van der Waals surface area (Å²) in [6.07, 6.45) is -0.763. The van der Waals surface area contributed by atoms with E-state index in [1.54, 1.807) is 31.2 Å². The highest BCUT2D eigenvalue weighted by molar-refractivity contribution is 6.14. The lowest BCUT2D eigenvalue weighted by Crippen LogP contribution is -2.34. The summed E-state index contributed by atoms with van der Waals surface area (Å²) in [5.74, 6) is 1.01. The molecule has 2 aromatic carbocycles. The van der Waals surface area contributed by atoms with Gasteiger partial charge in [-0.05, 0) is 43.2 Å². The number of rotatable bonds is 4. The van der Waals surface area contributed by atoms with Gasteiger partial charge in [-0.3, -0.25) is 10.1 Å². The standard InChI is InChI=1S/C19H19N3O6/c1-11-8-13-9-16(27-2)17(28-3)10-15(13)18(20-21(11)19(23)24)12-4-6-14(7-5-12)22(25)26/h4-7,9-11H,8H2,1-3H3,(H,23,24)/t11-/m1/s1. The van der Waals surface area contributed by atoms with Crippen LogP contribution < -0.4 is 9.47 Å². The molecule has 3 rings (SSSR count). The minimum absolute atomic E-state index is 0.0611. The first-order valence-corrected chi connectivity index (χ1v) is 8.46. The topological polar surface area (TPSA) is 114 Å². The molecule has 1 N–H and O–H groups in total. The van der Waals surface area contributed by atoms with Crippen LogP contribution in [0.15, 0.2) is 41.5 Å². The lowest BCUT2D eigenvalue weighted by molar-refractivity contribution is -0.384. The molecule has 1 aliphatic rings. The summed E-state index contributed by atoms with van der Waals surface area (Å²) in [6.45, 7) is 1.76. The predicted octanol–water partition coefficient (Wildman–Crippen LogP) is 3.29. The first-order valence-electron chi connectivity index (χ1n) is 8.46. The Morgan fingerprint density at radius 1 is 1.21 bits per heavy atom. The molecule has 1 amide bonds. The van der Waals surface area contributed by atoms with E-state index in [1.807, 2.05) is 0 Å².